The van der Waals surface area contributed by atoms with Crippen molar-refractivity contribution in [2.75, 3.05) is 0 Å². The van der Waals surface area contributed by atoms with Crippen molar-refractivity contribution in [1.29, 1.82) is 0 Å². The minimum absolute atomic E-state index is 0. The summed E-state index contributed by atoms with van der Waals surface area (Å²) in [6.45, 7) is 14.3. The van der Waals surface area contributed by atoms with E-state index in [9.17, 15) is 4.79 Å². The van der Waals surface area contributed by atoms with E-state index in [-0.39, 0.29) is 27.6 Å². The summed E-state index contributed by atoms with van der Waals surface area (Å²) in [6, 6.07) is 0. The van der Waals surface area contributed by atoms with E-state index in [1.165, 1.54) is 102 Å². The van der Waals surface area contributed by atoms with Crippen LogP contribution in [0.1, 0.15) is 130 Å². The van der Waals surface area contributed by atoms with Crippen LogP contribution in [-0.4, -0.2) is 14.7 Å². The van der Waals surface area contributed by atoms with E-state index in [1.807, 2.05) is 0 Å². The Bertz CT molecular complexity index is 787. The van der Waals surface area contributed by atoms with Crippen molar-refractivity contribution in [1.82, 2.24) is 0 Å². The molecule has 0 spiro atoms. The Kier molecular flexibility index (Phi) is 13.3. The number of nitrogens with one attached hydrogen (secondary N) is 1. The molecule has 36 heavy (non-hydrogen) atoms. The molecule has 1 amide bonds. The third-order valence-corrected chi connectivity index (χ3v) is 12.7. The summed E-state index contributed by atoms with van der Waals surface area (Å²) in [5.74, 6) is 1.31. The molecular formula is C32H56NOSiTi-. The number of hydrogen-bond donors (Lipinski definition) is 0. The molecule has 0 saturated heterocycles. The summed E-state index contributed by atoms with van der Waals surface area (Å²) < 4.78 is 0. The molecular weight excluding hydrogens is 490 g/mol. The van der Waals surface area contributed by atoms with E-state index >= 15 is 0 Å². The molecule has 2 saturated carbocycles. The van der Waals surface area contributed by atoms with E-state index in [0.29, 0.717) is 23.3 Å². The number of carbonyl (C=O) groups excluding carboxylic acids is 1. The van der Waals surface area contributed by atoms with E-state index in [0.717, 1.165) is 6.42 Å². The molecule has 5 atom stereocenters. The second-order valence-corrected chi connectivity index (χ2v) is 15.7. The number of amides is 1. The van der Waals surface area contributed by atoms with E-state index in [2.05, 4.69) is 40.8 Å². The van der Waals surface area contributed by atoms with E-state index in [1.54, 1.807) is 16.7 Å². The van der Waals surface area contributed by atoms with Crippen molar-refractivity contribution < 1.29 is 26.5 Å². The van der Waals surface area contributed by atoms with Crippen LogP contribution in [0.15, 0.2) is 22.3 Å². The number of fused-ring (bicyclic) bond motifs is 2. The summed E-state index contributed by atoms with van der Waals surface area (Å²) in [5.41, 5.74) is 15.2. The average molecular weight is 547 g/mol. The summed E-state index contributed by atoms with van der Waals surface area (Å²) in [4.78, 5) is 13.6. The van der Waals surface area contributed by atoms with Crippen LogP contribution in [0.3, 0.4) is 0 Å². The Hall–Kier alpha value is -0.119. The Labute approximate surface area is 240 Å². The first-order valence-corrected chi connectivity index (χ1v) is 18.5. The Balaban J connectivity index is 0.00000456. The van der Waals surface area contributed by atoms with Gasteiger partial charge in [0, 0.05) is 35.9 Å². The fraction of sp³-hybridized carbons (Fsp3) is 0.844. The first-order chi connectivity index (χ1) is 16.9. The Morgan fingerprint density at radius 3 is 2.06 bits per heavy atom. The largest absolute Gasteiger partial charge is 0.667 e. The van der Waals surface area contributed by atoms with Gasteiger partial charge in [0.25, 0.3) is 0 Å². The average Bonchev–Trinajstić information content (AvgIpc) is 3.50. The summed E-state index contributed by atoms with van der Waals surface area (Å²) in [5, 5.41) is 0. The number of carbonyl (C=O) groups is 1. The molecule has 0 aromatic rings. The maximum absolute atomic E-state index is 13.6. The van der Waals surface area contributed by atoms with Crippen LogP contribution >= 0.6 is 0 Å². The van der Waals surface area contributed by atoms with Crippen LogP contribution in [0.2, 0.25) is 18.6 Å². The van der Waals surface area contributed by atoms with Gasteiger partial charge in [-0.15, -0.1) is 0 Å². The van der Waals surface area contributed by atoms with Gasteiger partial charge in [-0.2, -0.15) is 0 Å². The first-order valence-electron chi connectivity index (χ1n) is 15.6. The molecule has 5 unspecified atom stereocenters. The molecule has 2 nitrogen and oxygen atoms in total. The van der Waals surface area contributed by atoms with Crippen molar-refractivity contribution in [2.45, 2.75) is 149 Å². The van der Waals surface area contributed by atoms with Gasteiger partial charge in [-0.05, 0) is 85.0 Å². The number of rotatable bonds is 16. The number of hydrogen-bond acceptors (Lipinski definition) is 1. The topological polar surface area (TPSA) is 40.9 Å². The van der Waals surface area contributed by atoms with Gasteiger partial charge >= 0.3 is 0 Å². The van der Waals surface area contributed by atoms with Gasteiger partial charge in [0.2, 0.25) is 0 Å². The zero-order valence-corrected chi connectivity index (χ0v) is 27.3. The SMILES string of the molecule is CCCCCCCCC1=C(CCCCCC)C(CC)=C(C2(C([NH-])=O)C3CCC(C3)C2[SiH](C)C)C1C.[Ti]. The van der Waals surface area contributed by atoms with Gasteiger partial charge < -0.3 is 10.5 Å². The molecule has 204 valence electrons. The predicted molar refractivity (Wildman–Crippen MR) is 155 cm³/mol. The number of unbranched alkanes of at least 4 members (excludes halogenated alkanes) is 8. The summed E-state index contributed by atoms with van der Waals surface area (Å²) in [6.07, 6.45) is 20.4. The molecule has 0 heterocycles. The van der Waals surface area contributed by atoms with Crippen molar-refractivity contribution in [3.63, 3.8) is 0 Å². The smallest absolute Gasteiger partial charge is 0.0595 e. The molecule has 1 N–H and O–H groups in total. The minimum Gasteiger partial charge on any atom is -0.667 e. The normalized spacial score (nSPS) is 29.5. The summed E-state index contributed by atoms with van der Waals surface area (Å²) >= 11 is 0. The predicted octanol–water partition coefficient (Wildman–Crippen LogP) is 10.2. The fourth-order valence-corrected chi connectivity index (χ4v) is 12.0. The second-order valence-electron chi connectivity index (χ2n) is 12.5. The van der Waals surface area contributed by atoms with Gasteiger partial charge in [-0.1, -0.05) is 104 Å². The fourth-order valence-electron chi connectivity index (χ4n) is 8.90. The molecule has 3 aliphatic rings. The number of allylic oxidation sites excluding steroid dienone is 3. The van der Waals surface area contributed by atoms with Crippen LogP contribution in [-0.2, 0) is 26.5 Å². The molecule has 2 bridgehead atoms. The van der Waals surface area contributed by atoms with Gasteiger partial charge in [-0.3, -0.25) is 0 Å². The van der Waals surface area contributed by atoms with Crippen LogP contribution in [0.4, 0.5) is 0 Å². The molecule has 0 aliphatic heterocycles. The molecule has 0 aromatic heterocycles. The molecule has 4 heteroatoms. The monoisotopic (exact) mass is 546 g/mol. The van der Waals surface area contributed by atoms with Crippen LogP contribution < -0.4 is 0 Å². The molecule has 0 aromatic carbocycles. The van der Waals surface area contributed by atoms with Gasteiger partial charge in [-0.25, -0.2) is 0 Å². The third-order valence-electron chi connectivity index (χ3n) is 10.2. The van der Waals surface area contributed by atoms with Crippen LogP contribution in [0.25, 0.3) is 5.73 Å². The third kappa shape index (κ3) is 6.20. The molecule has 0 radical (unpaired) electrons. The Morgan fingerprint density at radius 1 is 0.889 bits per heavy atom. The molecule has 3 rings (SSSR count). The van der Waals surface area contributed by atoms with Gasteiger partial charge in [0.1, 0.15) is 0 Å². The van der Waals surface area contributed by atoms with Crippen molar-refractivity contribution in [3.8, 4) is 0 Å². The second kappa shape index (κ2) is 14.9. The Morgan fingerprint density at radius 2 is 1.47 bits per heavy atom. The minimum atomic E-state index is -1.08. The maximum atomic E-state index is 13.6. The first kappa shape index (κ1) is 32.1. The van der Waals surface area contributed by atoms with Gasteiger partial charge in [0.15, 0.2) is 0 Å². The van der Waals surface area contributed by atoms with Gasteiger partial charge in [0.05, 0.1) is 5.91 Å². The summed E-state index contributed by atoms with van der Waals surface area (Å²) in [7, 11) is -1.08. The van der Waals surface area contributed by atoms with Crippen LogP contribution in [0, 0.1) is 23.2 Å². The maximum Gasteiger partial charge on any atom is 0.0595 e. The van der Waals surface area contributed by atoms with Crippen molar-refractivity contribution in [2.24, 2.45) is 23.2 Å². The van der Waals surface area contributed by atoms with Crippen LogP contribution in [0.5, 0.6) is 0 Å². The zero-order chi connectivity index (χ0) is 25.6. The van der Waals surface area contributed by atoms with Crippen molar-refractivity contribution in [3.05, 3.63) is 28.0 Å². The quantitative estimate of drug-likeness (QED) is 0.140. The standard InChI is InChI=1S/C32H57NOSi.Ti/c1-7-10-12-14-15-17-18-27-23(4)29(26(9-3)28(27)19-16-13-11-8-2)32(31(33)34)25-21-20-24(22-25)30(32)35(5)6;/h23-25,30,35H,7-22H2,1-6H3,(H2,33,34);/p-1. The van der Waals surface area contributed by atoms with E-state index in [4.69, 9.17) is 5.73 Å². The van der Waals surface area contributed by atoms with Crippen molar-refractivity contribution >= 4 is 14.7 Å². The molecule has 3 aliphatic carbocycles. The van der Waals surface area contributed by atoms with E-state index < -0.39 is 14.2 Å². The zero-order valence-electron chi connectivity index (χ0n) is 24.6. The molecule has 2 fully saturated rings.